The molecule has 0 aromatic rings. The monoisotopic (exact) mass is 182 g/mol. The number of carbonyl (C=O) groups is 1. The maximum absolute atomic E-state index is 11.7. The van der Waals surface area contributed by atoms with Gasteiger partial charge in [-0.2, -0.15) is 0 Å². The van der Waals surface area contributed by atoms with Crippen LogP contribution in [0.3, 0.4) is 0 Å². The van der Waals surface area contributed by atoms with Crippen molar-refractivity contribution in [3.63, 3.8) is 0 Å². The maximum Gasteiger partial charge on any atom is 0.161 e. The molecule has 2 heteroatoms. The minimum absolute atomic E-state index is 0.0289. The summed E-state index contributed by atoms with van der Waals surface area (Å²) in [6.45, 7) is 6.07. The fourth-order valence-corrected chi connectivity index (χ4v) is 1.99. The molecule has 0 N–H and O–H groups in total. The number of hydrogen-bond donors (Lipinski definition) is 0. The van der Waals surface area contributed by atoms with Crippen LogP contribution in [0.15, 0.2) is 11.1 Å². The summed E-state index contributed by atoms with van der Waals surface area (Å²) in [5.41, 5.74) is 2.00. The molecular weight excluding hydrogens is 164 g/mol. The van der Waals surface area contributed by atoms with Crippen LogP contribution in [0.1, 0.15) is 33.6 Å². The Morgan fingerprint density at radius 3 is 2.54 bits per heavy atom. The van der Waals surface area contributed by atoms with Crippen LogP contribution in [0.5, 0.6) is 0 Å². The molecule has 0 radical (unpaired) electrons. The molecule has 1 fully saturated rings. The highest BCUT2D eigenvalue weighted by atomic mass is 16.5. The molecule has 0 heterocycles. The molecule has 0 aliphatic heterocycles. The van der Waals surface area contributed by atoms with Crippen molar-refractivity contribution in [3.05, 3.63) is 11.1 Å². The van der Waals surface area contributed by atoms with Gasteiger partial charge in [0.15, 0.2) is 5.78 Å². The van der Waals surface area contributed by atoms with Crippen molar-refractivity contribution in [1.82, 2.24) is 0 Å². The Kier molecular flexibility index (Phi) is 3.26. The average Bonchev–Trinajstić information content (AvgIpc) is 2.01. The number of ketones is 1. The van der Waals surface area contributed by atoms with Gasteiger partial charge in [-0.25, -0.2) is 0 Å². The minimum atomic E-state index is 0.0289. The Hall–Kier alpha value is -0.630. The zero-order valence-electron chi connectivity index (χ0n) is 8.89. The first kappa shape index (κ1) is 10.5. The van der Waals surface area contributed by atoms with Crippen LogP contribution in [0, 0.1) is 5.92 Å². The summed E-state index contributed by atoms with van der Waals surface area (Å²) in [4.78, 5) is 11.7. The Morgan fingerprint density at radius 2 is 2.08 bits per heavy atom. The highest BCUT2D eigenvalue weighted by molar-refractivity contribution is 5.97. The molecule has 1 aliphatic carbocycles. The first-order chi connectivity index (χ1) is 6.06. The van der Waals surface area contributed by atoms with Gasteiger partial charge in [0.25, 0.3) is 0 Å². The molecule has 2 unspecified atom stereocenters. The van der Waals surface area contributed by atoms with E-state index in [2.05, 4.69) is 6.92 Å². The van der Waals surface area contributed by atoms with Crippen molar-refractivity contribution in [1.29, 1.82) is 0 Å². The Bertz CT molecular complexity index is 236. The van der Waals surface area contributed by atoms with Crippen molar-refractivity contribution in [2.24, 2.45) is 5.92 Å². The number of Topliss-reactive ketones (excluding diaryl/α,β-unsaturated/α-hetero) is 1. The van der Waals surface area contributed by atoms with Crippen molar-refractivity contribution < 1.29 is 9.53 Å². The number of allylic oxidation sites excluding steroid dienone is 1. The largest absolute Gasteiger partial charge is 0.377 e. The molecule has 0 saturated heterocycles. The summed E-state index contributed by atoms with van der Waals surface area (Å²) in [7, 11) is 1.68. The van der Waals surface area contributed by atoms with Crippen LogP contribution in [0.4, 0.5) is 0 Å². The maximum atomic E-state index is 11.7. The van der Waals surface area contributed by atoms with Crippen LogP contribution in [-0.2, 0) is 9.53 Å². The van der Waals surface area contributed by atoms with Gasteiger partial charge in [0.1, 0.15) is 0 Å². The highest BCUT2D eigenvalue weighted by Crippen LogP contribution is 2.29. The second-order valence-corrected chi connectivity index (χ2v) is 4.11. The number of methoxy groups -OCH3 is 1. The van der Waals surface area contributed by atoms with Gasteiger partial charge in [-0.05, 0) is 26.2 Å². The normalized spacial score (nSPS) is 29.2. The van der Waals surface area contributed by atoms with Gasteiger partial charge >= 0.3 is 0 Å². The third-order valence-electron chi connectivity index (χ3n) is 2.60. The quantitative estimate of drug-likeness (QED) is 0.582. The Balaban J connectivity index is 2.92. The van der Waals surface area contributed by atoms with E-state index in [0.29, 0.717) is 12.3 Å². The molecule has 2 nitrogen and oxygen atoms in total. The summed E-state index contributed by atoms with van der Waals surface area (Å²) >= 11 is 0. The van der Waals surface area contributed by atoms with E-state index in [1.54, 1.807) is 7.11 Å². The van der Waals surface area contributed by atoms with Gasteiger partial charge < -0.3 is 4.74 Å². The lowest BCUT2D eigenvalue weighted by Crippen LogP contribution is -2.30. The van der Waals surface area contributed by atoms with Gasteiger partial charge in [-0.15, -0.1) is 0 Å². The van der Waals surface area contributed by atoms with Gasteiger partial charge in [-0.1, -0.05) is 12.5 Å². The van der Waals surface area contributed by atoms with Crippen LogP contribution < -0.4 is 0 Å². The predicted molar refractivity (Wildman–Crippen MR) is 52.6 cm³/mol. The van der Waals surface area contributed by atoms with E-state index < -0.39 is 0 Å². The molecular formula is C11H18O2. The van der Waals surface area contributed by atoms with Gasteiger partial charge in [0, 0.05) is 19.1 Å². The Morgan fingerprint density at radius 1 is 1.46 bits per heavy atom. The first-order valence-electron chi connectivity index (χ1n) is 4.79. The fourth-order valence-electron chi connectivity index (χ4n) is 1.99. The van der Waals surface area contributed by atoms with Crippen LogP contribution >= 0.6 is 0 Å². The van der Waals surface area contributed by atoms with E-state index in [1.807, 2.05) is 13.8 Å². The van der Waals surface area contributed by atoms with Crippen LogP contribution in [0.25, 0.3) is 0 Å². The van der Waals surface area contributed by atoms with Gasteiger partial charge in [-0.3, -0.25) is 4.79 Å². The van der Waals surface area contributed by atoms with Crippen molar-refractivity contribution in [2.45, 2.75) is 39.7 Å². The van der Waals surface area contributed by atoms with Crippen LogP contribution in [-0.4, -0.2) is 19.0 Å². The summed E-state index contributed by atoms with van der Waals surface area (Å²) in [5, 5.41) is 0. The average molecular weight is 182 g/mol. The molecule has 0 spiro atoms. The van der Waals surface area contributed by atoms with Gasteiger partial charge in [0.2, 0.25) is 0 Å². The lowest BCUT2D eigenvalue weighted by Gasteiger charge is -2.28. The van der Waals surface area contributed by atoms with E-state index in [1.165, 1.54) is 0 Å². The van der Waals surface area contributed by atoms with Crippen molar-refractivity contribution >= 4 is 5.78 Å². The lowest BCUT2D eigenvalue weighted by molar-refractivity contribution is -0.119. The molecule has 2 atom stereocenters. The first-order valence-corrected chi connectivity index (χ1v) is 4.79. The molecule has 0 aromatic carbocycles. The van der Waals surface area contributed by atoms with E-state index in [0.717, 1.165) is 17.6 Å². The summed E-state index contributed by atoms with van der Waals surface area (Å²) in [5.74, 6) is 0.728. The number of ether oxygens (including phenoxy) is 1. The lowest BCUT2D eigenvalue weighted by atomic mass is 9.82. The smallest absolute Gasteiger partial charge is 0.161 e. The molecule has 13 heavy (non-hydrogen) atoms. The van der Waals surface area contributed by atoms with Gasteiger partial charge in [0.05, 0.1) is 6.10 Å². The molecule has 0 bridgehead atoms. The zero-order valence-corrected chi connectivity index (χ0v) is 8.89. The van der Waals surface area contributed by atoms with Crippen molar-refractivity contribution in [2.75, 3.05) is 7.11 Å². The fraction of sp³-hybridized carbons (Fsp3) is 0.727. The van der Waals surface area contributed by atoms with E-state index in [4.69, 9.17) is 4.74 Å². The second kappa shape index (κ2) is 4.05. The van der Waals surface area contributed by atoms with Crippen LogP contribution in [0.2, 0.25) is 0 Å². The summed E-state index contributed by atoms with van der Waals surface area (Å²) in [6, 6.07) is 0. The summed E-state index contributed by atoms with van der Waals surface area (Å²) in [6.07, 6.45) is 1.68. The predicted octanol–water partition coefficient (Wildman–Crippen LogP) is 2.34. The summed E-state index contributed by atoms with van der Waals surface area (Å²) < 4.78 is 5.33. The minimum Gasteiger partial charge on any atom is -0.377 e. The Labute approximate surface area is 80.0 Å². The second-order valence-electron chi connectivity index (χ2n) is 4.11. The topological polar surface area (TPSA) is 26.3 Å². The molecule has 0 amide bonds. The molecule has 74 valence electrons. The third-order valence-corrected chi connectivity index (χ3v) is 2.60. The molecule has 0 aromatic heterocycles. The highest BCUT2D eigenvalue weighted by Gasteiger charge is 2.30. The standard InChI is InChI=1S/C11H18O2/c1-7(2)11-9(12)5-8(3)6-10(11)13-4/h8,10H,5-6H2,1-4H3. The van der Waals surface area contributed by atoms with E-state index in [-0.39, 0.29) is 11.9 Å². The number of hydrogen-bond acceptors (Lipinski definition) is 2. The third kappa shape index (κ3) is 2.19. The molecule has 1 saturated carbocycles. The molecule has 1 aliphatic rings. The number of carbonyl (C=O) groups excluding carboxylic acids is 1. The SMILES string of the molecule is COC1CC(C)CC(=O)C1=C(C)C. The zero-order chi connectivity index (χ0) is 10.0. The van der Waals surface area contributed by atoms with E-state index >= 15 is 0 Å². The molecule has 1 rings (SSSR count). The van der Waals surface area contributed by atoms with E-state index in [9.17, 15) is 4.79 Å². The van der Waals surface area contributed by atoms with Crippen molar-refractivity contribution in [3.8, 4) is 0 Å². The number of rotatable bonds is 1.